The van der Waals surface area contributed by atoms with Crippen LogP contribution < -0.4 is 5.32 Å². The van der Waals surface area contributed by atoms with E-state index in [1.165, 1.54) is 0 Å². The molecule has 1 atom stereocenters. The Bertz CT molecular complexity index is 498. The van der Waals surface area contributed by atoms with Gasteiger partial charge in [-0.1, -0.05) is 30.3 Å². The lowest BCUT2D eigenvalue weighted by Gasteiger charge is -2.29. The molecule has 2 N–H and O–H groups in total. The number of methoxy groups -OCH3 is 1. The third kappa shape index (κ3) is 4.56. The number of carbonyl (C=O) groups excluding carboxylic acids is 1. The van der Waals surface area contributed by atoms with Gasteiger partial charge in [-0.3, -0.25) is 9.59 Å². The zero-order valence-corrected chi connectivity index (χ0v) is 13.0. The van der Waals surface area contributed by atoms with E-state index >= 15 is 0 Å². The Kier molecular flexibility index (Phi) is 5.49. The molecule has 1 aromatic rings. The molecule has 0 bridgehead atoms. The van der Waals surface area contributed by atoms with E-state index in [-0.39, 0.29) is 12.3 Å². The first-order valence-corrected chi connectivity index (χ1v) is 6.80. The highest BCUT2D eigenvalue weighted by molar-refractivity contribution is 5.89. The van der Waals surface area contributed by atoms with Crippen LogP contribution in [0.3, 0.4) is 0 Å². The molecule has 116 valence electrons. The lowest BCUT2D eigenvalue weighted by atomic mass is 9.79. The maximum absolute atomic E-state index is 12.2. The van der Waals surface area contributed by atoms with Crippen molar-refractivity contribution in [2.75, 3.05) is 13.7 Å². The molecule has 0 aliphatic heterocycles. The number of ether oxygens (including phenoxy) is 1. The van der Waals surface area contributed by atoms with Gasteiger partial charge in [0.15, 0.2) is 0 Å². The summed E-state index contributed by atoms with van der Waals surface area (Å²) in [6.45, 7) is 5.57. The molecule has 0 aliphatic rings. The first kappa shape index (κ1) is 17.2. The van der Waals surface area contributed by atoms with Crippen LogP contribution in [0, 0.1) is 0 Å². The average molecular weight is 293 g/mol. The minimum absolute atomic E-state index is 0.126. The lowest BCUT2D eigenvalue weighted by Crippen LogP contribution is -2.49. The van der Waals surface area contributed by atoms with Gasteiger partial charge < -0.3 is 15.2 Å². The van der Waals surface area contributed by atoms with Crippen LogP contribution in [0.1, 0.15) is 32.8 Å². The van der Waals surface area contributed by atoms with Gasteiger partial charge in [0.1, 0.15) is 0 Å². The highest BCUT2D eigenvalue weighted by atomic mass is 16.5. The van der Waals surface area contributed by atoms with Gasteiger partial charge in [-0.05, 0) is 26.3 Å². The standard InChI is InChI=1S/C16H23NO4/c1-15(2,11-21-4)17-13(18)10-16(3,14(19)20)12-8-6-5-7-9-12/h5-9H,10-11H2,1-4H3,(H,17,18)(H,19,20). The fraction of sp³-hybridized carbons (Fsp3) is 0.500. The Hall–Kier alpha value is -1.88. The maximum atomic E-state index is 12.2. The zero-order chi connectivity index (χ0) is 16.1. The van der Waals surface area contributed by atoms with Crippen molar-refractivity contribution in [2.24, 2.45) is 0 Å². The SMILES string of the molecule is COCC(C)(C)NC(=O)CC(C)(C(=O)O)c1ccccc1. The molecule has 5 heteroatoms. The number of aliphatic carboxylic acids is 1. The molecule has 1 aromatic carbocycles. The predicted molar refractivity (Wildman–Crippen MR) is 80.1 cm³/mol. The van der Waals surface area contributed by atoms with Crippen molar-refractivity contribution in [1.82, 2.24) is 5.32 Å². The number of rotatable bonds is 7. The number of nitrogens with one attached hydrogen (secondary N) is 1. The monoisotopic (exact) mass is 293 g/mol. The predicted octanol–water partition coefficient (Wildman–Crippen LogP) is 1.96. The van der Waals surface area contributed by atoms with Gasteiger partial charge in [0.25, 0.3) is 0 Å². The summed E-state index contributed by atoms with van der Waals surface area (Å²) in [7, 11) is 1.55. The van der Waals surface area contributed by atoms with Crippen molar-refractivity contribution >= 4 is 11.9 Å². The van der Waals surface area contributed by atoms with Crippen molar-refractivity contribution < 1.29 is 19.4 Å². The van der Waals surface area contributed by atoms with Crippen LogP contribution in [0.5, 0.6) is 0 Å². The molecule has 21 heavy (non-hydrogen) atoms. The highest BCUT2D eigenvalue weighted by Crippen LogP contribution is 2.28. The van der Waals surface area contributed by atoms with E-state index in [0.29, 0.717) is 12.2 Å². The molecular weight excluding hydrogens is 270 g/mol. The molecule has 0 fully saturated rings. The zero-order valence-electron chi connectivity index (χ0n) is 13.0. The van der Waals surface area contributed by atoms with Gasteiger partial charge in [0, 0.05) is 13.5 Å². The van der Waals surface area contributed by atoms with Crippen LogP contribution in [0.2, 0.25) is 0 Å². The van der Waals surface area contributed by atoms with Crippen molar-refractivity contribution in [1.29, 1.82) is 0 Å². The fourth-order valence-corrected chi connectivity index (χ4v) is 2.25. The normalized spacial score (nSPS) is 14.3. The largest absolute Gasteiger partial charge is 0.481 e. The number of amides is 1. The topological polar surface area (TPSA) is 75.6 Å². The van der Waals surface area contributed by atoms with Gasteiger partial charge >= 0.3 is 5.97 Å². The Morgan fingerprint density at radius 2 is 1.76 bits per heavy atom. The van der Waals surface area contributed by atoms with Gasteiger partial charge in [-0.15, -0.1) is 0 Å². The third-order valence-electron chi connectivity index (χ3n) is 3.38. The summed E-state index contributed by atoms with van der Waals surface area (Å²) in [5, 5.41) is 12.3. The molecule has 1 amide bonds. The molecule has 0 radical (unpaired) electrons. The van der Waals surface area contributed by atoms with Crippen LogP contribution >= 0.6 is 0 Å². The molecule has 0 spiro atoms. The quantitative estimate of drug-likeness (QED) is 0.806. The van der Waals surface area contributed by atoms with E-state index in [4.69, 9.17) is 4.74 Å². The molecule has 0 saturated carbocycles. The molecule has 0 aromatic heterocycles. The van der Waals surface area contributed by atoms with E-state index < -0.39 is 16.9 Å². The number of benzene rings is 1. The second-order valence-electron chi connectivity index (χ2n) is 6.05. The summed E-state index contributed by atoms with van der Waals surface area (Å²) in [5.41, 5.74) is -1.19. The molecule has 0 heterocycles. The van der Waals surface area contributed by atoms with Crippen LogP contribution in [0.4, 0.5) is 0 Å². The summed E-state index contributed by atoms with van der Waals surface area (Å²) in [6.07, 6.45) is -0.126. The molecule has 0 saturated heterocycles. The second-order valence-corrected chi connectivity index (χ2v) is 6.05. The smallest absolute Gasteiger partial charge is 0.314 e. The summed E-state index contributed by atoms with van der Waals surface area (Å²) < 4.78 is 5.04. The van der Waals surface area contributed by atoms with E-state index in [2.05, 4.69) is 5.32 Å². The number of carboxylic acids is 1. The minimum atomic E-state index is -1.26. The molecule has 1 rings (SSSR count). The summed E-state index contributed by atoms with van der Waals surface area (Å²) in [4.78, 5) is 23.8. The summed E-state index contributed by atoms with van der Waals surface area (Å²) in [5.74, 6) is -1.33. The van der Waals surface area contributed by atoms with E-state index in [9.17, 15) is 14.7 Å². The van der Waals surface area contributed by atoms with Crippen molar-refractivity contribution in [3.8, 4) is 0 Å². The molecule has 0 aliphatic carbocycles. The molecular formula is C16H23NO4. The van der Waals surface area contributed by atoms with Gasteiger partial charge in [0.2, 0.25) is 5.91 Å². The van der Waals surface area contributed by atoms with Crippen molar-refractivity contribution in [2.45, 2.75) is 38.1 Å². The number of carboxylic acid groups (broad SMARTS) is 1. The maximum Gasteiger partial charge on any atom is 0.314 e. The van der Waals surface area contributed by atoms with Crippen molar-refractivity contribution in [3.05, 3.63) is 35.9 Å². The van der Waals surface area contributed by atoms with Crippen LogP contribution in [-0.2, 0) is 19.7 Å². The van der Waals surface area contributed by atoms with Crippen LogP contribution in [0.25, 0.3) is 0 Å². The molecule has 5 nitrogen and oxygen atoms in total. The Morgan fingerprint density at radius 3 is 2.24 bits per heavy atom. The summed E-state index contributed by atoms with van der Waals surface area (Å²) >= 11 is 0. The van der Waals surface area contributed by atoms with E-state index in [0.717, 1.165) is 0 Å². The highest BCUT2D eigenvalue weighted by Gasteiger charge is 2.38. The number of hydrogen-bond donors (Lipinski definition) is 2. The Morgan fingerprint density at radius 1 is 1.19 bits per heavy atom. The van der Waals surface area contributed by atoms with Crippen LogP contribution in [-0.4, -0.2) is 36.2 Å². The van der Waals surface area contributed by atoms with Gasteiger partial charge in [-0.25, -0.2) is 0 Å². The average Bonchev–Trinajstić information content (AvgIpc) is 2.38. The van der Waals surface area contributed by atoms with Gasteiger partial charge in [0.05, 0.1) is 17.6 Å². The van der Waals surface area contributed by atoms with Gasteiger partial charge in [-0.2, -0.15) is 0 Å². The molecule has 1 unspecified atom stereocenters. The third-order valence-corrected chi connectivity index (χ3v) is 3.38. The van der Waals surface area contributed by atoms with Crippen molar-refractivity contribution in [3.63, 3.8) is 0 Å². The number of hydrogen-bond acceptors (Lipinski definition) is 3. The van der Waals surface area contributed by atoms with Crippen LogP contribution in [0.15, 0.2) is 30.3 Å². The minimum Gasteiger partial charge on any atom is -0.481 e. The lowest BCUT2D eigenvalue weighted by molar-refractivity contribution is -0.146. The fourth-order valence-electron chi connectivity index (χ4n) is 2.25. The van der Waals surface area contributed by atoms with E-state index in [1.54, 1.807) is 38.3 Å². The van der Waals surface area contributed by atoms with E-state index in [1.807, 2.05) is 19.9 Å². The Balaban J connectivity index is 2.90. The Labute approximate surface area is 125 Å². The first-order chi connectivity index (χ1) is 9.71. The summed E-state index contributed by atoms with van der Waals surface area (Å²) in [6, 6.07) is 8.80. The second kappa shape index (κ2) is 6.72. The first-order valence-electron chi connectivity index (χ1n) is 6.80. The number of carbonyl (C=O) groups is 2.